The van der Waals surface area contributed by atoms with Crippen LogP contribution >= 0.6 is 0 Å². The highest BCUT2D eigenvalue weighted by molar-refractivity contribution is 5.88. The molecular formula is C17H15NO3. The minimum absolute atomic E-state index is 0.0982. The zero-order chi connectivity index (χ0) is 14.7. The SMILES string of the molecule is COc1c(OCc2ccccc2)ccc2ncc(O)cc12. The first kappa shape index (κ1) is 13.2. The van der Waals surface area contributed by atoms with Crippen molar-refractivity contribution >= 4 is 10.9 Å². The Kier molecular flexibility index (Phi) is 3.60. The van der Waals surface area contributed by atoms with Crippen molar-refractivity contribution < 1.29 is 14.6 Å². The molecule has 21 heavy (non-hydrogen) atoms. The van der Waals surface area contributed by atoms with Gasteiger partial charge in [0.2, 0.25) is 0 Å². The van der Waals surface area contributed by atoms with Gasteiger partial charge in [-0.25, -0.2) is 0 Å². The van der Waals surface area contributed by atoms with Crippen LogP contribution in [-0.4, -0.2) is 17.2 Å². The number of hydrogen-bond donors (Lipinski definition) is 1. The summed E-state index contributed by atoms with van der Waals surface area (Å²) in [6.45, 7) is 0.453. The zero-order valence-electron chi connectivity index (χ0n) is 11.6. The van der Waals surface area contributed by atoms with Gasteiger partial charge in [-0.05, 0) is 23.8 Å². The van der Waals surface area contributed by atoms with Crippen LogP contribution in [0, 0.1) is 0 Å². The second-order valence-corrected chi connectivity index (χ2v) is 4.63. The van der Waals surface area contributed by atoms with Gasteiger partial charge in [0.25, 0.3) is 0 Å². The number of fused-ring (bicyclic) bond motifs is 1. The van der Waals surface area contributed by atoms with Crippen LogP contribution in [0.5, 0.6) is 17.2 Å². The number of benzene rings is 2. The lowest BCUT2D eigenvalue weighted by Gasteiger charge is -2.13. The van der Waals surface area contributed by atoms with Crippen molar-refractivity contribution in [2.24, 2.45) is 0 Å². The monoisotopic (exact) mass is 281 g/mol. The molecule has 0 bridgehead atoms. The summed E-state index contributed by atoms with van der Waals surface area (Å²) in [5, 5.41) is 10.3. The minimum Gasteiger partial charge on any atom is -0.506 e. The molecule has 4 nitrogen and oxygen atoms in total. The highest BCUT2D eigenvalue weighted by Crippen LogP contribution is 2.36. The highest BCUT2D eigenvalue weighted by Gasteiger charge is 2.11. The molecule has 0 spiro atoms. The van der Waals surface area contributed by atoms with Gasteiger partial charge >= 0.3 is 0 Å². The Balaban J connectivity index is 1.94. The number of ether oxygens (including phenoxy) is 2. The largest absolute Gasteiger partial charge is 0.506 e. The first-order chi connectivity index (χ1) is 10.3. The molecule has 0 saturated carbocycles. The summed E-state index contributed by atoms with van der Waals surface area (Å²) in [7, 11) is 1.58. The quantitative estimate of drug-likeness (QED) is 0.795. The van der Waals surface area contributed by atoms with E-state index in [-0.39, 0.29) is 5.75 Å². The normalized spacial score (nSPS) is 10.5. The van der Waals surface area contributed by atoms with Crippen LogP contribution in [0.2, 0.25) is 0 Å². The van der Waals surface area contributed by atoms with Gasteiger partial charge in [0, 0.05) is 5.39 Å². The van der Waals surface area contributed by atoms with Gasteiger partial charge in [-0.1, -0.05) is 30.3 Å². The fourth-order valence-corrected chi connectivity index (χ4v) is 2.20. The number of aromatic hydroxyl groups is 1. The summed E-state index contributed by atoms with van der Waals surface area (Å²) < 4.78 is 11.3. The van der Waals surface area contributed by atoms with Crippen LogP contribution in [0.4, 0.5) is 0 Å². The second-order valence-electron chi connectivity index (χ2n) is 4.63. The first-order valence-corrected chi connectivity index (χ1v) is 6.60. The molecule has 0 saturated heterocycles. The van der Waals surface area contributed by atoms with Gasteiger partial charge in [-0.2, -0.15) is 0 Å². The maximum absolute atomic E-state index is 9.59. The lowest BCUT2D eigenvalue weighted by molar-refractivity contribution is 0.286. The fourth-order valence-electron chi connectivity index (χ4n) is 2.20. The summed E-state index contributed by atoms with van der Waals surface area (Å²) in [5.41, 5.74) is 1.82. The molecule has 1 aromatic heterocycles. The second kappa shape index (κ2) is 5.71. The summed E-state index contributed by atoms with van der Waals surface area (Å²) in [6.07, 6.45) is 1.41. The summed E-state index contributed by atoms with van der Waals surface area (Å²) in [6, 6.07) is 15.2. The van der Waals surface area contributed by atoms with Gasteiger partial charge in [0.05, 0.1) is 18.8 Å². The van der Waals surface area contributed by atoms with Gasteiger partial charge in [-0.15, -0.1) is 0 Å². The van der Waals surface area contributed by atoms with E-state index >= 15 is 0 Å². The van der Waals surface area contributed by atoms with Crippen LogP contribution in [0.3, 0.4) is 0 Å². The summed E-state index contributed by atoms with van der Waals surface area (Å²) in [4.78, 5) is 4.16. The number of rotatable bonds is 4. The van der Waals surface area contributed by atoms with E-state index < -0.39 is 0 Å². The zero-order valence-corrected chi connectivity index (χ0v) is 11.6. The van der Waals surface area contributed by atoms with Crippen LogP contribution in [0.15, 0.2) is 54.7 Å². The molecule has 3 aromatic rings. The molecule has 0 amide bonds. The predicted octanol–water partition coefficient (Wildman–Crippen LogP) is 3.53. The average molecular weight is 281 g/mol. The molecule has 106 valence electrons. The minimum atomic E-state index is 0.0982. The highest BCUT2D eigenvalue weighted by atomic mass is 16.5. The van der Waals surface area contributed by atoms with E-state index in [4.69, 9.17) is 9.47 Å². The molecule has 0 unspecified atom stereocenters. The molecule has 1 heterocycles. The molecule has 0 aliphatic carbocycles. The molecule has 4 heteroatoms. The topological polar surface area (TPSA) is 51.6 Å². The molecule has 0 aliphatic heterocycles. The van der Waals surface area contributed by atoms with Crippen molar-refractivity contribution in [2.45, 2.75) is 6.61 Å². The first-order valence-electron chi connectivity index (χ1n) is 6.60. The molecular weight excluding hydrogens is 266 g/mol. The molecule has 0 aliphatic rings. The maximum Gasteiger partial charge on any atom is 0.170 e. The van der Waals surface area contributed by atoms with E-state index in [0.717, 1.165) is 16.5 Å². The molecule has 0 radical (unpaired) electrons. The maximum atomic E-state index is 9.59. The Labute approximate surface area is 122 Å². The van der Waals surface area contributed by atoms with Crippen molar-refractivity contribution in [3.63, 3.8) is 0 Å². The summed E-state index contributed by atoms with van der Waals surface area (Å²) in [5.74, 6) is 1.30. The van der Waals surface area contributed by atoms with Gasteiger partial charge in [0.1, 0.15) is 12.4 Å². The number of aromatic nitrogens is 1. The van der Waals surface area contributed by atoms with E-state index in [9.17, 15) is 5.11 Å². The van der Waals surface area contributed by atoms with Gasteiger partial charge in [0.15, 0.2) is 11.5 Å². The Hall–Kier alpha value is -2.75. The van der Waals surface area contributed by atoms with Gasteiger partial charge in [-0.3, -0.25) is 4.98 Å². The van der Waals surface area contributed by atoms with Crippen LogP contribution in [0.25, 0.3) is 10.9 Å². The third-order valence-electron chi connectivity index (χ3n) is 3.21. The molecule has 0 atom stereocenters. The standard InChI is InChI=1S/C17H15NO3/c1-20-17-14-9-13(19)10-18-15(14)7-8-16(17)21-11-12-5-3-2-4-6-12/h2-10,19H,11H2,1H3. The third kappa shape index (κ3) is 2.74. The van der Waals surface area contributed by atoms with E-state index in [0.29, 0.717) is 18.1 Å². The Bertz CT molecular complexity index is 757. The average Bonchev–Trinajstić information content (AvgIpc) is 2.53. The molecule has 1 N–H and O–H groups in total. The Morgan fingerprint density at radius 1 is 1.10 bits per heavy atom. The fraction of sp³-hybridized carbons (Fsp3) is 0.118. The van der Waals surface area contributed by atoms with Crippen molar-refractivity contribution in [1.29, 1.82) is 0 Å². The summed E-state index contributed by atoms with van der Waals surface area (Å²) >= 11 is 0. The lowest BCUT2D eigenvalue weighted by Crippen LogP contribution is -1.98. The van der Waals surface area contributed by atoms with Crippen LogP contribution < -0.4 is 9.47 Å². The molecule has 0 fully saturated rings. The van der Waals surface area contributed by atoms with Crippen molar-refractivity contribution in [3.8, 4) is 17.2 Å². The van der Waals surface area contributed by atoms with E-state index in [1.807, 2.05) is 42.5 Å². The number of nitrogens with zero attached hydrogens (tertiary/aromatic N) is 1. The smallest absolute Gasteiger partial charge is 0.170 e. The van der Waals surface area contributed by atoms with Crippen molar-refractivity contribution in [1.82, 2.24) is 4.98 Å². The van der Waals surface area contributed by atoms with Crippen LogP contribution in [-0.2, 0) is 6.61 Å². The van der Waals surface area contributed by atoms with Crippen molar-refractivity contribution in [3.05, 3.63) is 60.3 Å². The van der Waals surface area contributed by atoms with Crippen LogP contribution in [0.1, 0.15) is 5.56 Å². The lowest BCUT2D eigenvalue weighted by atomic mass is 10.2. The Morgan fingerprint density at radius 2 is 1.90 bits per heavy atom. The van der Waals surface area contributed by atoms with E-state index in [1.54, 1.807) is 13.2 Å². The number of hydrogen-bond acceptors (Lipinski definition) is 4. The number of pyridine rings is 1. The van der Waals surface area contributed by atoms with E-state index in [2.05, 4.69) is 4.98 Å². The molecule has 3 rings (SSSR count). The molecule has 2 aromatic carbocycles. The van der Waals surface area contributed by atoms with Gasteiger partial charge < -0.3 is 14.6 Å². The third-order valence-corrected chi connectivity index (χ3v) is 3.21. The number of methoxy groups -OCH3 is 1. The predicted molar refractivity (Wildman–Crippen MR) is 80.7 cm³/mol. The van der Waals surface area contributed by atoms with Crippen molar-refractivity contribution in [2.75, 3.05) is 7.11 Å². The van der Waals surface area contributed by atoms with E-state index in [1.165, 1.54) is 6.20 Å². The Morgan fingerprint density at radius 3 is 2.67 bits per heavy atom.